The standard InChI is InChI=1S/C9H12ClN/c1-7(2)9-8(6-10)4-3-5-11-9/h3-5,7H,6H2,1-2H3. The fourth-order valence-corrected chi connectivity index (χ4v) is 1.31. The molecular formula is C9H12ClN. The van der Waals surface area contributed by atoms with Crippen molar-refractivity contribution < 1.29 is 0 Å². The highest BCUT2D eigenvalue weighted by Crippen LogP contribution is 2.17. The zero-order valence-corrected chi connectivity index (χ0v) is 7.60. The van der Waals surface area contributed by atoms with Crippen molar-refractivity contribution in [1.82, 2.24) is 4.98 Å². The second kappa shape index (κ2) is 3.72. The molecule has 1 nitrogen and oxygen atoms in total. The van der Waals surface area contributed by atoms with Crippen LogP contribution >= 0.6 is 11.6 Å². The van der Waals surface area contributed by atoms with E-state index >= 15 is 0 Å². The SMILES string of the molecule is CC(C)c1ncccc1CCl. The molecule has 1 aromatic rings. The first-order chi connectivity index (χ1) is 5.25. The lowest BCUT2D eigenvalue weighted by Crippen LogP contribution is -1.96. The lowest BCUT2D eigenvalue weighted by molar-refractivity contribution is 0.809. The van der Waals surface area contributed by atoms with E-state index in [1.165, 1.54) is 0 Å². The van der Waals surface area contributed by atoms with Gasteiger partial charge in [-0.05, 0) is 17.5 Å². The maximum Gasteiger partial charge on any atom is 0.0492 e. The van der Waals surface area contributed by atoms with Crippen molar-refractivity contribution in [3.05, 3.63) is 29.6 Å². The molecule has 0 fully saturated rings. The normalized spacial score (nSPS) is 10.5. The van der Waals surface area contributed by atoms with Gasteiger partial charge >= 0.3 is 0 Å². The molecule has 1 rings (SSSR count). The van der Waals surface area contributed by atoms with E-state index in [4.69, 9.17) is 11.6 Å². The van der Waals surface area contributed by atoms with Crippen LogP contribution in [0.15, 0.2) is 18.3 Å². The summed E-state index contributed by atoms with van der Waals surface area (Å²) in [6, 6.07) is 3.94. The maximum atomic E-state index is 5.74. The van der Waals surface area contributed by atoms with Gasteiger partial charge in [-0.2, -0.15) is 0 Å². The number of hydrogen-bond donors (Lipinski definition) is 0. The van der Waals surface area contributed by atoms with Crippen molar-refractivity contribution in [3.8, 4) is 0 Å². The van der Waals surface area contributed by atoms with Gasteiger partial charge in [-0.15, -0.1) is 11.6 Å². The van der Waals surface area contributed by atoms with Crippen molar-refractivity contribution in [2.45, 2.75) is 25.6 Å². The van der Waals surface area contributed by atoms with Crippen LogP contribution in [0.1, 0.15) is 31.0 Å². The van der Waals surface area contributed by atoms with Crippen molar-refractivity contribution in [2.75, 3.05) is 0 Å². The minimum Gasteiger partial charge on any atom is -0.261 e. The van der Waals surface area contributed by atoms with Gasteiger partial charge in [0.05, 0.1) is 0 Å². The van der Waals surface area contributed by atoms with Crippen LogP contribution in [0.2, 0.25) is 0 Å². The number of hydrogen-bond acceptors (Lipinski definition) is 1. The van der Waals surface area contributed by atoms with E-state index in [9.17, 15) is 0 Å². The molecule has 0 saturated heterocycles. The number of aromatic nitrogens is 1. The number of alkyl halides is 1. The molecule has 0 unspecified atom stereocenters. The molecule has 0 atom stereocenters. The third-order valence-electron chi connectivity index (χ3n) is 1.62. The van der Waals surface area contributed by atoms with Crippen molar-refractivity contribution in [2.24, 2.45) is 0 Å². The Morgan fingerprint density at radius 1 is 1.55 bits per heavy atom. The van der Waals surface area contributed by atoms with E-state index in [0.717, 1.165) is 11.3 Å². The summed E-state index contributed by atoms with van der Waals surface area (Å²) in [6.45, 7) is 4.25. The van der Waals surface area contributed by atoms with Gasteiger partial charge in [0.1, 0.15) is 0 Å². The summed E-state index contributed by atoms with van der Waals surface area (Å²) in [5.41, 5.74) is 2.26. The minimum absolute atomic E-state index is 0.463. The molecule has 0 bridgehead atoms. The van der Waals surface area contributed by atoms with Gasteiger partial charge < -0.3 is 0 Å². The molecule has 0 saturated carbocycles. The van der Waals surface area contributed by atoms with E-state index in [1.54, 1.807) is 0 Å². The minimum atomic E-state index is 0.463. The van der Waals surface area contributed by atoms with Crippen LogP contribution in [0.25, 0.3) is 0 Å². The summed E-state index contributed by atoms with van der Waals surface area (Å²) >= 11 is 5.74. The number of nitrogens with zero attached hydrogens (tertiary/aromatic N) is 1. The van der Waals surface area contributed by atoms with Crippen LogP contribution in [-0.4, -0.2) is 4.98 Å². The Morgan fingerprint density at radius 3 is 2.73 bits per heavy atom. The second-order valence-corrected chi connectivity index (χ2v) is 3.10. The van der Waals surface area contributed by atoms with E-state index in [0.29, 0.717) is 11.8 Å². The molecule has 1 heterocycles. The van der Waals surface area contributed by atoms with Crippen LogP contribution in [-0.2, 0) is 5.88 Å². The highest BCUT2D eigenvalue weighted by molar-refractivity contribution is 6.17. The number of rotatable bonds is 2. The van der Waals surface area contributed by atoms with E-state index in [1.807, 2.05) is 18.3 Å². The number of halogens is 1. The Morgan fingerprint density at radius 2 is 2.27 bits per heavy atom. The molecule has 0 radical (unpaired) electrons. The van der Waals surface area contributed by atoms with Crippen LogP contribution < -0.4 is 0 Å². The third-order valence-corrected chi connectivity index (χ3v) is 1.90. The average molecular weight is 170 g/mol. The van der Waals surface area contributed by atoms with E-state index in [2.05, 4.69) is 18.8 Å². The first-order valence-electron chi connectivity index (χ1n) is 3.75. The van der Waals surface area contributed by atoms with Crippen LogP contribution in [0, 0.1) is 0 Å². The Kier molecular flexibility index (Phi) is 2.89. The van der Waals surface area contributed by atoms with Crippen molar-refractivity contribution >= 4 is 11.6 Å². The Balaban J connectivity index is 3.02. The molecule has 0 aromatic carbocycles. The molecule has 0 aliphatic carbocycles. The smallest absolute Gasteiger partial charge is 0.0492 e. The summed E-state index contributed by atoms with van der Waals surface area (Å²) in [4.78, 5) is 4.26. The quantitative estimate of drug-likeness (QED) is 0.621. The summed E-state index contributed by atoms with van der Waals surface area (Å²) < 4.78 is 0. The van der Waals surface area contributed by atoms with Gasteiger partial charge in [0.2, 0.25) is 0 Å². The maximum absolute atomic E-state index is 5.74. The van der Waals surface area contributed by atoms with E-state index < -0.39 is 0 Å². The average Bonchev–Trinajstić information content (AvgIpc) is 2.04. The van der Waals surface area contributed by atoms with Gasteiger partial charge in [0.15, 0.2) is 0 Å². The molecule has 0 amide bonds. The van der Waals surface area contributed by atoms with Crippen LogP contribution in [0.4, 0.5) is 0 Å². The molecular weight excluding hydrogens is 158 g/mol. The lowest BCUT2D eigenvalue weighted by Gasteiger charge is -2.07. The van der Waals surface area contributed by atoms with Gasteiger partial charge in [-0.3, -0.25) is 4.98 Å². The lowest BCUT2D eigenvalue weighted by atomic mass is 10.1. The van der Waals surface area contributed by atoms with Gasteiger partial charge in [0.25, 0.3) is 0 Å². The topological polar surface area (TPSA) is 12.9 Å². The van der Waals surface area contributed by atoms with Gasteiger partial charge in [-0.25, -0.2) is 0 Å². The molecule has 0 spiro atoms. The molecule has 0 N–H and O–H groups in total. The largest absolute Gasteiger partial charge is 0.261 e. The molecule has 0 aliphatic rings. The van der Waals surface area contributed by atoms with Crippen molar-refractivity contribution in [3.63, 3.8) is 0 Å². The zero-order chi connectivity index (χ0) is 8.27. The predicted molar refractivity (Wildman–Crippen MR) is 47.9 cm³/mol. The fraction of sp³-hybridized carbons (Fsp3) is 0.444. The third kappa shape index (κ3) is 1.93. The van der Waals surface area contributed by atoms with Crippen molar-refractivity contribution in [1.29, 1.82) is 0 Å². The first-order valence-corrected chi connectivity index (χ1v) is 4.29. The van der Waals surface area contributed by atoms with Crippen LogP contribution in [0.3, 0.4) is 0 Å². The Hall–Kier alpha value is -0.560. The Bertz CT molecular complexity index is 233. The molecule has 11 heavy (non-hydrogen) atoms. The monoisotopic (exact) mass is 169 g/mol. The summed E-state index contributed by atoms with van der Waals surface area (Å²) in [5, 5.41) is 0. The summed E-state index contributed by atoms with van der Waals surface area (Å²) in [6.07, 6.45) is 1.81. The zero-order valence-electron chi connectivity index (χ0n) is 6.84. The molecule has 60 valence electrons. The van der Waals surface area contributed by atoms with Crippen LogP contribution in [0.5, 0.6) is 0 Å². The first kappa shape index (κ1) is 8.54. The predicted octanol–water partition coefficient (Wildman–Crippen LogP) is 2.94. The fourth-order valence-electron chi connectivity index (χ4n) is 1.08. The summed E-state index contributed by atoms with van der Waals surface area (Å²) in [5.74, 6) is 1.02. The highest BCUT2D eigenvalue weighted by atomic mass is 35.5. The van der Waals surface area contributed by atoms with E-state index in [-0.39, 0.29) is 0 Å². The molecule has 1 aromatic heterocycles. The molecule has 0 aliphatic heterocycles. The highest BCUT2D eigenvalue weighted by Gasteiger charge is 2.04. The molecule has 2 heteroatoms. The second-order valence-electron chi connectivity index (χ2n) is 2.84. The van der Waals surface area contributed by atoms with Gasteiger partial charge in [-0.1, -0.05) is 19.9 Å². The van der Waals surface area contributed by atoms with Gasteiger partial charge in [0, 0.05) is 17.8 Å². The Labute approximate surface area is 72.4 Å². The summed E-state index contributed by atoms with van der Waals surface area (Å²) in [7, 11) is 0. The number of pyridine rings is 1.